The first kappa shape index (κ1) is 14.3. The molecule has 2 aromatic rings. The van der Waals surface area contributed by atoms with Gasteiger partial charge in [-0.05, 0) is 50.1 Å². The van der Waals surface area contributed by atoms with Crippen LogP contribution in [0.1, 0.15) is 36.6 Å². The minimum atomic E-state index is -0.782. The lowest BCUT2D eigenvalue weighted by Gasteiger charge is -2.15. The Hall–Kier alpha value is -2.07. The van der Waals surface area contributed by atoms with Gasteiger partial charge in [0.2, 0.25) is 0 Å². The van der Waals surface area contributed by atoms with E-state index in [0.717, 1.165) is 16.9 Å². The number of nitrogens with two attached hydrogens (primary N) is 1. The predicted octanol–water partition coefficient (Wildman–Crippen LogP) is 2.84. The molecular formula is C16H20N2O2. The summed E-state index contributed by atoms with van der Waals surface area (Å²) in [5.41, 5.74) is 8.18. The van der Waals surface area contributed by atoms with Crippen LogP contribution < -0.4 is 10.5 Å². The summed E-state index contributed by atoms with van der Waals surface area (Å²) in [5, 5.41) is 10.4. The SMILES string of the molecule is Cc1cnc(N)c(C(O)c2ccc(OC(C)C)cc2)c1. The number of nitrogen functional groups attached to an aromatic ring is 1. The molecule has 20 heavy (non-hydrogen) atoms. The molecule has 1 aromatic carbocycles. The molecule has 0 saturated heterocycles. The summed E-state index contributed by atoms with van der Waals surface area (Å²) in [6, 6.07) is 9.22. The fraction of sp³-hybridized carbons (Fsp3) is 0.312. The maximum absolute atomic E-state index is 10.4. The highest BCUT2D eigenvalue weighted by molar-refractivity contribution is 5.46. The molecule has 1 heterocycles. The van der Waals surface area contributed by atoms with Crippen molar-refractivity contribution >= 4 is 5.82 Å². The van der Waals surface area contributed by atoms with E-state index in [1.165, 1.54) is 0 Å². The summed E-state index contributed by atoms with van der Waals surface area (Å²) in [4.78, 5) is 4.08. The van der Waals surface area contributed by atoms with E-state index in [1.807, 2.05) is 51.1 Å². The van der Waals surface area contributed by atoms with Crippen LogP contribution >= 0.6 is 0 Å². The monoisotopic (exact) mass is 272 g/mol. The molecule has 1 unspecified atom stereocenters. The van der Waals surface area contributed by atoms with Crippen LogP contribution in [0, 0.1) is 6.92 Å². The van der Waals surface area contributed by atoms with E-state index in [1.54, 1.807) is 6.20 Å². The van der Waals surface area contributed by atoms with Crippen LogP contribution in [0.2, 0.25) is 0 Å². The number of anilines is 1. The lowest BCUT2D eigenvalue weighted by molar-refractivity contribution is 0.219. The van der Waals surface area contributed by atoms with E-state index in [2.05, 4.69) is 4.98 Å². The van der Waals surface area contributed by atoms with E-state index in [0.29, 0.717) is 11.4 Å². The van der Waals surface area contributed by atoms with Gasteiger partial charge >= 0.3 is 0 Å². The molecule has 4 heteroatoms. The van der Waals surface area contributed by atoms with Crippen molar-refractivity contribution in [3.8, 4) is 5.75 Å². The molecule has 0 amide bonds. The summed E-state index contributed by atoms with van der Waals surface area (Å²) < 4.78 is 5.58. The van der Waals surface area contributed by atoms with Crippen LogP contribution in [-0.2, 0) is 0 Å². The number of hydrogen-bond donors (Lipinski definition) is 2. The molecule has 106 valence electrons. The third-order valence-electron chi connectivity index (χ3n) is 2.95. The molecule has 0 radical (unpaired) electrons. The van der Waals surface area contributed by atoms with Gasteiger partial charge in [-0.25, -0.2) is 4.98 Å². The van der Waals surface area contributed by atoms with Crippen LogP contribution in [0.3, 0.4) is 0 Å². The Balaban J connectivity index is 2.24. The van der Waals surface area contributed by atoms with Crippen molar-refractivity contribution in [1.29, 1.82) is 0 Å². The lowest BCUT2D eigenvalue weighted by Crippen LogP contribution is -2.07. The number of nitrogens with zero attached hydrogens (tertiary/aromatic N) is 1. The number of aromatic nitrogens is 1. The summed E-state index contributed by atoms with van der Waals surface area (Å²) in [7, 11) is 0. The molecule has 0 aliphatic rings. The van der Waals surface area contributed by atoms with Gasteiger partial charge < -0.3 is 15.6 Å². The topological polar surface area (TPSA) is 68.4 Å². The van der Waals surface area contributed by atoms with Crippen molar-refractivity contribution < 1.29 is 9.84 Å². The maximum Gasteiger partial charge on any atom is 0.129 e. The van der Waals surface area contributed by atoms with Crippen molar-refractivity contribution in [3.63, 3.8) is 0 Å². The van der Waals surface area contributed by atoms with Gasteiger partial charge in [-0.2, -0.15) is 0 Å². The van der Waals surface area contributed by atoms with Crippen molar-refractivity contribution in [2.45, 2.75) is 33.0 Å². The van der Waals surface area contributed by atoms with E-state index in [4.69, 9.17) is 10.5 Å². The maximum atomic E-state index is 10.4. The second-order valence-corrected chi connectivity index (χ2v) is 5.13. The van der Waals surface area contributed by atoms with Crippen molar-refractivity contribution in [2.75, 3.05) is 5.73 Å². The van der Waals surface area contributed by atoms with Crippen LogP contribution in [0.15, 0.2) is 36.5 Å². The highest BCUT2D eigenvalue weighted by Crippen LogP contribution is 2.27. The summed E-state index contributed by atoms with van der Waals surface area (Å²) in [6.45, 7) is 5.87. The first-order valence-corrected chi connectivity index (χ1v) is 6.64. The van der Waals surface area contributed by atoms with Gasteiger partial charge in [0, 0.05) is 11.8 Å². The number of benzene rings is 1. The first-order valence-electron chi connectivity index (χ1n) is 6.64. The number of hydrogen-bond acceptors (Lipinski definition) is 4. The van der Waals surface area contributed by atoms with Crippen molar-refractivity contribution in [2.24, 2.45) is 0 Å². The van der Waals surface area contributed by atoms with Gasteiger partial charge in [-0.15, -0.1) is 0 Å². The Morgan fingerprint density at radius 2 is 1.85 bits per heavy atom. The fourth-order valence-electron chi connectivity index (χ4n) is 2.00. The molecule has 1 aromatic heterocycles. The minimum Gasteiger partial charge on any atom is -0.491 e. The lowest BCUT2D eigenvalue weighted by atomic mass is 10.0. The van der Waals surface area contributed by atoms with E-state index in [-0.39, 0.29) is 6.10 Å². The smallest absolute Gasteiger partial charge is 0.129 e. The summed E-state index contributed by atoms with van der Waals surface area (Å²) >= 11 is 0. The van der Waals surface area contributed by atoms with E-state index in [9.17, 15) is 5.11 Å². The van der Waals surface area contributed by atoms with Gasteiger partial charge in [0.15, 0.2) is 0 Å². The second kappa shape index (κ2) is 5.92. The third kappa shape index (κ3) is 3.27. The molecule has 0 aliphatic carbocycles. The number of aryl methyl sites for hydroxylation is 1. The third-order valence-corrected chi connectivity index (χ3v) is 2.95. The minimum absolute atomic E-state index is 0.127. The largest absolute Gasteiger partial charge is 0.491 e. The predicted molar refractivity (Wildman–Crippen MR) is 79.7 cm³/mol. The average molecular weight is 272 g/mol. The highest BCUT2D eigenvalue weighted by atomic mass is 16.5. The zero-order valence-corrected chi connectivity index (χ0v) is 12.0. The molecule has 0 fully saturated rings. The Bertz CT molecular complexity index is 580. The Kier molecular flexibility index (Phi) is 4.25. The van der Waals surface area contributed by atoms with Gasteiger partial charge in [0.25, 0.3) is 0 Å². The molecule has 2 rings (SSSR count). The van der Waals surface area contributed by atoms with Crippen molar-refractivity contribution in [1.82, 2.24) is 4.98 Å². The molecule has 0 bridgehead atoms. The molecule has 1 atom stereocenters. The van der Waals surface area contributed by atoms with Crippen LogP contribution in [0.5, 0.6) is 5.75 Å². The fourth-order valence-corrected chi connectivity index (χ4v) is 2.00. The molecule has 4 nitrogen and oxygen atoms in total. The zero-order valence-electron chi connectivity index (χ0n) is 12.0. The van der Waals surface area contributed by atoms with Crippen LogP contribution in [0.25, 0.3) is 0 Å². The van der Waals surface area contributed by atoms with Gasteiger partial charge in [0.1, 0.15) is 17.7 Å². The standard InChI is InChI=1S/C16H20N2O2/c1-10(2)20-13-6-4-12(5-7-13)15(19)14-8-11(3)9-18-16(14)17/h4-10,15,19H,1-3H3,(H2,17,18). The molecule has 3 N–H and O–H groups in total. The van der Waals surface area contributed by atoms with Crippen LogP contribution in [-0.4, -0.2) is 16.2 Å². The van der Waals surface area contributed by atoms with E-state index >= 15 is 0 Å². The highest BCUT2D eigenvalue weighted by Gasteiger charge is 2.14. The van der Waals surface area contributed by atoms with Gasteiger partial charge in [0.05, 0.1) is 6.10 Å². The van der Waals surface area contributed by atoms with E-state index < -0.39 is 6.10 Å². The van der Waals surface area contributed by atoms with Crippen molar-refractivity contribution in [3.05, 3.63) is 53.2 Å². The Morgan fingerprint density at radius 3 is 2.45 bits per heavy atom. The van der Waals surface area contributed by atoms with Gasteiger partial charge in [-0.3, -0.25) is 0 Å². The number of pyridine rings is 1. The quantitative estimate of drug-likeness (QED) is 0.898. The zero-order chi connectivity index (χ0) is 14.7. The second-order valence-electron chi connectivity index (χ2n) is 5.13. The normalized spacial score (nSPS) is 12.4. The number of rotatable bonds is 4. The Morgan fingerprint density at radius 1 is 1.20 bits per heavy atom. The summed E-state index contributed by atoms with van der Waals surface area (Å²) in [6.07, 6.45) is 1.03. The Labute approximate surface area is 119 Å². The first-order chi connectivity index (χ1) is 9.47. The molecular weight excluding hydrogens is 252 g/mol. The number of ether oxygens (including phenoxy) is 1. The molecule has 0 spiro atoms. The average Bonchev–Trinajstić information content (AvgIpc) is 2.41. The summed E-state index contributed by atoms with van der Waals surface area (Å²) in [5.74, 6) is 1.14. The molecule has 0 saturated carbocycles. The molecule has 0 aliphatic heterocycles. The van der Waals surface area contributed by atoms with Gasteiger partial charge in [-0.1, -0.05) is 12.1 Å². The van der Waals surface area contributed by atoms with Crippen LogP contribution in [0.4, 0.5) is 5.82 Å². The number of aliphatic hydroxyl groups excluding tert-OH is 1. The number of aliphatic hydroxyl groups is 1.